The lowest BCUT2D eigenvalue weighted by Crippen LogP contribution is -2.48. The number of aromatic hydroxyl groups is 2. The summed E-state index contributed by atoms with van der Waals surface area (Å²) in [5, 5.41) is 43.9. The molecule has 2 aromatic rings. The van der Waals surface area contributed by atoms with Crippen LogP contribution >= 0.6 is 0 Å². The molecule has 0 saturated heterocycles. The molecule has 0 bridgehead atoms. The number of phenolic OH excluding ortho intramolecular Hbond substituents is 2. The number of aliphatic hydroxyl groups is 2. The van der Waals surface area contributed by atoms with Gasteiger partial charge in [-0.1, -0.05) is 12.1 Å². The van der Waals surface area contributed by atoms with Gasteiger partial charge in [-0.3, -0.25) is 14.4 Å². The van der Waals surface area contributed by atoms with Crippen LogP contribution in [0.1, 0.15) is 68.7 Å². The number of ketones is 3. The Kier molecular flexibility index (Phi) is 5.34. The molecule has 4 atom stereocenters. The zero-order chi connectivity index (χ0) is 26.1. The van der Waals surface area contributed by atoms with Gasteiger partial charge in [0.05, 0.1) is 29.8 Å². The number of nitrogens with two attached hydrogens (primary N) is 1. The van der Waals surface area contributed by atoms with E-state index in [1.165, 1.54) is 32.2 Å². The highest BCUT2D eigenvalue weighted by Gasteiger charge is 2.50. The highest BCUT2D eigenvalue weighted by Crippen LogP contribution is 2.53. The van der Waals surface area contributed by atoms with Crippen molar-refractivity contribution in [1.29, 1.82) is 0 Å². The van der Waals surface area contributed by atoms with E-state index in [4.69, 9.17) is 15.2 Å². The Hall–Kier alpha value is -3.89. The van der Waals surface area contributed by atoms with Gasteiger partial charge in [-0.15, -0.1) is 0 Å². The van der Waals surface area contributed by atoms with E-state index in [1.54, 1.807) is 0 Å². The molecule has 1 heterocycles. The van der Waals surface area contributed by atoms with Crippen molar-refractivity contribution in [3.8, 4) is 17.2 Å². The van der Waals surface area contributed by atoms with Crippen molar-refractivity contribution in [2.45, 2.75) is 49.9 Å². The Morgan fingerprint density at radius 3 is 2.44 bits per heavy atom. The zero-order valence-corrected chi connectivity index (χ0v) is 19.6. The number of carbonyl (C=O) groups is 3. The third-order valence-electron chi connectivity index (χ3n) is 7.49. The molecular weight excluding hydrogens is 470 g/mol. The summed E-state index contributed by atoms with van der Waals surface area (Å²) in [6, 6.07) is 3.66. The van der Waals surface area contributed by atoms with Crippen LogP contribution in [0.25, 0.3) is 0 Å². The molecular formula is C26H25NO9. The SMILES string of the molecule is COc1cccc2c1C(=O)c1c(O)c3c(c(O)c1C2=O)C[C@@](O)(C(C)=O)C[C@@H]3C1CC(N)C(O)=CO1. The summed E-state index contributed by atoms with van der Waals surface area (Å²) >= 11 is 0. The molecule has 3 aliphatic rings. The molecule has 2 aliphatic carbocycles. The van der Waals surface area contributed by atoms with Crippen molar-refractivity contribution in [3.63, 3.8) is 0 Å². The molecule has 0 saturated carbocycles. The normalized spacial score (nSPS) is 26.8. The maximum absolute atomic E-state index is 13.6. The first kappa shape index (κ1) is 23.8. The Bertz CT molecular complexity index is 1380. The Balaban J connectivity index is 1.77. The number of aliphatic hydroxyl groups excluding tert-OH is 1. The molecule has 10 heteroatoms. The van der Waals surface area contributed by atoms with E-state index in [2.05, 4.69) is 0 Å². The first-order chi connectivity index (χ1) is 17.0. The van der Waals surface area contributed by atoms with Crippen LogP contribution in [0, 0.1) is 0 Å². The van der Waals surface area contributed by atoms with Crippen molar-refractivity contribution in [1.82, 2.24) is 0 Å². The fourth-order valence-electron chi connectivity index (χ4n) is 5.54. The number of fused-ring (bicyclic) bond motifs is 3. The monoisotopic (exact) mass is 495 g/mol. The second-order valence-corrected chi connectivity index (χ2v) is 9.52. The fraction of sp³-hybridized carbons (Fsp3) is 0.346. The van der Waals surface area contributed by atoms with Crippen molar-refractivity contribution in [2.24, 2.45) is 5.73 Å². The summed E-state index contributed by atoms with van der Waals surface area (Å²) in [6.45, 7) is 1.20. The van der Waals surface area contributed by atoms with Gasteiger partial charge in [-0.05, 0) is 19.4 Å². The van der Waals surface area contributed by atoms with Gasteiger partial charge in [0.15, 0.2) is 11.6 Å². The predicted octanol–water partition coefficient (Wildman–Crippen LogP) is 1.75. The number of hydrogen-bond acceptors (Lipinski definition) is 10. The number of ether oxygens (including phenoxy) is 2. The lowest BCUT2D eigenvalue weighted by Gasteiger charge is -2.42. The Labute approximate surface area is 205 Å². The molecule has 36 heavy (non-hydrogen) atoms. The quantitative estimate of drug-likeness (QED) is 0.336. The second kappa shape index (κ2) is 8.07. The first-order valence-corrected chi connectivity index (χ1v) is 11.4. The molecule has 0 radical (unpaired) electrons. The van der Waals surface area contributed by atoms with Crippen molar-refractivity contribution in [3.05, 3.63) is 63.6 Å². The van der Waals surface area contributed by atoms with Crippen LogP contribution in [-0.4, -0.2) is 62.6 Å². The number of rotatable bonds is 3. The van der Waals surface area contributed by atoms with Crippen molar-refractivity contribution in [2.75, 3.05) is 7.11 Å². The zero-order valence-electron chi connectivity index (χ0n) is 19.6. The van der Waals surface area contributed by atoms with Crippen LogP contribution in [0.5, 0.6) is 17.2 Å². The minimum Gasteiger partial charge on any atom is -0.507 e. The summed E-state index contributed by atoms with van der Waals surface area (Å²) in [7, 11) is 1.35. The van der Waals surface area contributed by atoms with Crippen molar-refractivity contribution >= 4 is 17.3 Å². The Morgan fingerprint density at radius 1 is 1.11 bits per heavy atom. The molecule has 2 aromatic carbocycles. The highest BCUT2D eigenvalue weighted by atomic mass is 16.5. The minimum atomic E-state index is -1.94. The van der Waals surface area contributed by atoms with Crippen LogP contribution in [0.2, 0.25) is 0 Å². The lowest BCUT2D eigenvalue weighted by molar-refractivity contribution is -0.138. The minimum absolute atomic E-state index is 0.00195. The summed E-state index contributed by atoms with van der Waals surface area (Å²) in [5.74, 6) is -4.08. The van der Waals surface area contributed by atoms with E-state index in [9.17, 15) is 34.8 Å². The second-order valence-electron chi connectivity index (χ2n) is 9.52. The fourth-order valence-corrected chi connectivity index (χ4v) is 5.54. The van der Waals surface area contributed by atoms with Crippen LogP contribution in [-0.2, 0) is 16.0 Å². The smallest absolute Gasteiger partial charge is 0.202 e. The number of carbonyl (C=O) groups excluding carboxylic acids is 3. The summed E-state index contributed by atoms with van der Waals surface area (Å²) < 4.78 is 10.9. The van der Waals surface area contributed by atoms with Crippen molar-refractivity contribution < 1.29 is 44.3 Å². The number of methoxy groups -OCH3 is 1. The van der Waals surface area contributed by atoms with Gasteiger partial charge < -0.3 is 35.6 Å². The van der Waals surface area contributed by atoms with Gasteiger partial charge in [-0.25, -0.2) is 0 Å². The molecule has 5 rings (SSSR count). The third-order valence-corrected chi connectivity index (χ3v) is 7.49. The van der Waals surface area contributed by atoms with Crippen LogP contribution < -0.4 is 10.5 Å². The van der Waals surface area contributed by atoms with E-state index in [1.807, 2.05) is 0 Å². The van der Waals surface area contributed by atoms with Gasteiger partial charge in [0.1, 0.15) is 41.0 Å². The van der Waals surface area contributed by atoms with Gasteiger partial charge >= 0.3 is 0 Å². The van der Waals surface area contributed by atoms with Gasteiger partial charge in [-0.2, -0.15) is 0 Å². The molecule has 6 N–H and O–H groups in total. The van der Waals surface area contributed by atoms with Gasteiger partial charge in [0.2, 0.25) is 5.78 Å². The topological polar surface area (TPSA) is 177 Å². The molecule has 0 amide bonds. The van der Waals surface area contributed by atoms with Crippen LogP contribution in [0.4, 0.5) is 0 Å². The summed E-state index contributed by atoms with van der Waals surface area (Å²) in [4.78, 5) is 39.5. The Morgan fingerprint density at radius 2 is 1.81 bits per heavy atom. The van der Waals surface area contributed by atoms with E-state index in [-0.39, 0.29) is 58.6 Å². The van der Waals surface area contributed by atoms with E-state index in [0.717, 1.165) is 6.26 Å². The molecule has 188 valence electrons. The standard InChI is InChI=1S/C26H25NO9/c1-10(28)26(34)7-12(17-6-14(27)15(29)9-36-17)18-13(8-26)23(31)20-21(24(18)32)25(33)19-11(22(20)30)4-3-5-16(19)35-2/h3-5,9,12,14,17,29,31-32,34H,6-8,27H2,1-2H3/t12-,14?,17?,26-/m1/s1. The number of benzene rings is 2. The maximum atomic E-state index is 13.6. The molecule has 2 unspecified atom stereocenters. The number of Topliss-reactive ketones (excluding diaryl/α,β-unsaturated/α-hetero) is 1. The largest absolute Gasteiger partial charge is 0.507 e. The predicted molar refractivity (Wildman–Crippen MR) is 125 cm³/mol. The van der Waals surface area contributed by atoms with Crippen LogP contribution in [0.15, 0.2) is 30.2 Å². The number of hydrogen-bond donors (Lipinski definition) is 5. The molecule has 0 spiro atoms. The molecule has 0 fully saturated rings. The summed E-state index contributed by atoms with van der Waals surface area (Å²) in [5.41, 5.74) is 3.28. The molecule has 1 aliphatic heterocycles. The van der Waals surface area contributed by atoms with Crippen LogP contribution in [0.3, 0.4) is 0 Å². The maximum Gasteiger partial charge on any atom is 0.202 e. The average Bonchev–Trinajstić information content (AvgIpc) is 2.85. The summed E-state index contributed by atoms with van der Waals surface area (Å²) in [6.07, 6.45) is -0.269. The molecule has 0 aromatic heterocycles. The third kappa shape index (κ3) is 3.21. The highest BCUT2D eigenvalue weighted by molar-refractivity contribution is 6.31. The van der Waals surface area contributed by atoms with Gasteiger partial charge in [0, 0.05) is 35.4 Å². The van der Waals surface area contributed by atoms with E-state index in [0.29, 0.717) is 0 Å². The first-order valence-electron chi connectivity index (χ1n) is 11.4. The van der Waals surface area contributed by atoms with E-state index < -0.39 is 58.1 Å². The van der Waals surface area contributed by atoms with E-state index >= 15 is 0 Å². The van der Waals surface area contributed by atoms with Gasteiger partial charge in [0.25, 0.3) is 0 Å². The lowest BCUT2D eigenvalue weighted by atomic mass is 9.67. The molecule has 10 nitrogen and oxygen atoms in total. The number of phenols is 2. The average molecular weight is 495 g/mol.